The van der Waals surface area contributed by atoms with Gasteiger partial charge in [0.1, 0.15) is 0 Å². The maximum Gasteiger partial charge on any atom is 0.433 e. The number of nitrogens with zero attached hydrogens (tertiary/aromatic N) is 3. The minimum atomic E-state index is -4.58. The predicted octanol–water partition coefficient (Wildman–Crippen LogP) is 0.611. The molecule has 0 unspecified atom stereocenters. The van der Waals surface area contributed by atoms with E-state index in [4.69, 9.17) is 0 Å². The molecule has 1 saturated heterocycles. The van der Waals surface area contributed by atoms with Gasteiger partial charge in [-0.15, -0.1) is 0 Å². The Morgan fingerprint density at radius 3 is 2.47 bits per heavy atom. The summed E-state index contributed by atoms with van der Waals surface area (Å²) in [4.78, 5) is 8.65. The van der Waals surface area contributed by atoms with Crippen LogP contribution in [0.1, 0.15) is 5.69 Å². The van der Waals surface area contributed by atoms with Crippen LogP contribution in [0.5, 0.6) is 5.88 Å². The molecule has 17 heavy (non-hydrogen) atoms. The van der Waals surface area contributed by atoms with E-state index < -0.39 is 17.8 Å². The highest BCUT2D eigenvalue weighted by atomic mass is 19.4. The molecular weight excluding hydrogens is 237 g/mol. The first kappa shape index (κ1) is 11.9. The van der Waals surface area contributed by atoms with Crippen LogP contribution in [0, 0.1) is 0 Å². The number of aromatic nitrogens is 2. The minimum Gasteiger partial charge on any atom is -0.493 e. The molecule has 1 aromatic rings. The van der Waals surface area contributed by atoms with Gasteiger partial charge in [0.15, 0.2) is 5.69 Å². The summed E-state index contributed by atoms with van der Waals surface area (Å²) in [6, 6.07) is 0.520. The highest BCUT2D eigenvalue weighted by molar-refractivity contribution is 5.35. The average molecular weight is 248 g/mol. The number of aromatic hydroxyl groups is 1. The van der Waals surface area contributed by atoms with Gasteiger partial charge in [-0.05, 0) is 0 Å². The molecule has 5 nitrogen and oxygen atoms in total. The summed E-state index contributed by atoms with van der Waals surface area (Å²) in [6.07, 6.45) is -4.58. The van der Waals surface area contributed by atoms with Gasteiger partial charge in [0.25, 0.3) is 0 Å². The standard InChI is InChI=1S/C9H11F3N4O/c10-9(11,12)6-5-7(17)15-8(14-6)16-3-1-13-2-4-16/h5,13H,1-4H2,(H,14,15,17). The van der Waals surface area contributed by atoms with Crippen molar-refractivity contribution >= 4 is 5.95 Å². The topological polar surface area (TPSA) is 61.3 Å². The molecule has 0 atom stereocenters. The van der Waals surface area contributed by atoms with E-state index in [1.165, 1.54) is 0 Å². The van der Waals surface area contributed by atoms with Gasteiger partial charge in [0.05, 0.1) is 0 Å². The minimum absolute atomic E-state index is 0.0844. The van der Waals surface area contributed by atoms with Crippen LogP contribution in [0.25, 0.3) is 0 Å². The number of hydrogen-bond acceptors (Lipinski definition) is 5. The first-order valence-corrected chi connectivity index (χ1v) is 5.08. The van der Waals surface area contributed by atoms with Crippen LogP contribution in [0.2, 0.25) is 0 Å². The van der Waals surface area contributed by atoms with Crippen molar-refractivity contribution in [1.29, 1.82) is 0 Å². The van der Waals surface area contributed by atoms with Gasteiger partial charge >= 0.3 is 6.18 Å². The SMILES string of the molecule is Oc1cc(C(F)(F)F)nc(N2CCNCC2)n1. The first-order chi connectivity index (χ1) is 7.97. The van der Waals surface area contributed by atoms with E-state index in [0.29, 0.717) is 32.2 Å². The van der Waals surface area contributed by atoms with Crippen molar-refractivity contribution in [3.05, 3.63) is 11.8 Å². The Hall–Kier alpha value is -1.57. The van der Waals surface area contributed by atoms with Crippen LogP contribution < -0.4 is 10.2 Å². The van der Waals surface area contributed by atoms with Gasteiger partial charge in [0.2, 0.25) is 11.8 Å². The highest BCUT2D eigenvalue weighted by Gasteiger charge is 2.34. The number of anilines is 1. The Bertz CT molecular complexity index is 404. The Morgan fingerprint density at radius 2 is 1.88 bits per heavy atom. The summed E-state index contributed by atoms with van der Waals surface area (Å²) >= 11 is 0. The van der Waals surface area contributed by atoms with E-state index in [1.807, 2.05) is 0 Å². The molecule has 8 heteroatoms. The summed E-state index contributed by atoms with van der Waals surface area (Å²) in [5.41, 5.74) is -1.13. The molecule has 0 saturated carbocycles. The number of piperazine rings is 1. The third-order valence-corrected chi connectivity index (χ3v) is 2.39. The van der Waals surface area contributed by atoms with E-state index in [9.17, 15) is 18.3 Å². The van der Waals surface area contributed by atoms with Gasteiger partial charge in [0, 0.05) is 32.2 Å². The molecule has 2 heterocycles. The largest absolute Gasteiger partial charge is 0.493 e. The molecule has 0 bridgehead atoms. The Labute approximate surface area is 95.3 Å². The highest BCUT2D eigenvalue weighted by Crippen LogP contribution is 2.30. The van der Waals surface area contributed by atoms with Crippen molar-refractivity contribution in [3.63, 3.8) is 0 Å². The van der Waals surface area contributed by atoms with Crippen LogP contribution in [0.3, 0.4) is 0 Å². The van der Waals surface area contributed by atoms with E-state index in [2.05, 4.69) is 15.3 Å². The van der Waals surface area contributed by atoms with Gasteiger partial charge in [-0.25, -0.2) is 4.98 Å². The lowest BCUT2D eigenvalue weighted by Crippen LogP contribution is -2.44. The summed E-state index contributed by atoms with van der Waals surface area (Å²) < 4.78 is 37.4. The van der Waals surface area contributed by atoms with Gasteiger partial charge in [-0.2, -0.15) is 18.2 Å². The summed E-state index contributed by atoms with van der Waals surface area (Å²) in [7, 11) is 0. The monoisotopic (exact) mass is 248 g/mol. The lowest BCUT2D eigenvalue weighted by atomic mass is 10.3. The molecule has 1 aliphatic heterocycles. The molecule has 94 valence electrons. The molecule has 0 aliphatic carbocycles. The van der Waals surface area contributed by atoms with Crippen molar-refractivity contribution in [2.24, 2.45) is 0 Å². The zero-order valence-corrected chi connectivity index (χ0v) is 8.83. The van der Waals surface area contributed by atoms with Crippen LogP contribution in [-0.4, -0.2) is 41.3 Å². The number of hydrogen-bond donors (Lipinski definition) is 2. The van der Waals surface area contributed by atoms with Crippen LogP contribution in [0.4, 0.5) is 19.1 Å². The molecule has 0 aromatic carbocycles. The zero-order chi connectivity index (χ0) is 12.5. The summed E-state index contributed by atoms with van der Waals surface area (Å²) in [6.45, 7) is 2.34. The maximum absolute atomic E-state index is 12.5. The van der Waals surface area contributed by atoms with Gasteiger partial charge in [-0.3, -0.25) is 0 Å². The molecule has 0 amide bonds. The van der Waals surface area contributed by atoms with Crippen LogP contribution in [0.15, 0.2) is 6.07 Å². The normalized spacial score (nSPS) is 17.2. The van der Waals surface area contributed by atoms with Gasteiger partial charge in [-0.1, -0.05) is 0 Å². The fourth-order valence-corrected chi connectivity index (χ4v) is 1.57. The molecule has 1 fully saturated rings. The van der Waals surface area contributed by atoms with E-state index >= 15 is 0 Å². The second-order valence-electron chi connectivity index (χ2n) is 3.65. The lowest BCUT2D eigenvalue weighted by molar-refractivity contribution is -0.141. The molecule has 0 radical (unpaired) electrons. The average Bonchev–Trinajstić information content (AvgIpc) is 2.28. The Morgan fingerprint density at radius 1 is 1.24 bits per heavy atom. The Balaban J connectivity index is 2.31. The van der Waals surface area contributed by atoms with Crippen molar-refractivity contribution in [3.8, 4) is 5.88 Å². The van der Waals surface area contributed by atoms with Crippen LogP contribution >= 0.6 is 0 Å². The van der Waals surface area contributed by atoms with Crippen molar-refractivity contribution in [2.45, 2.75) is 6.18 Å². The van der Waals surface area contributed by atoms with Crippen molar-refractivity contribution in [2.75, 3.05) is 31.1 Å². The lowest BCUT2D eigenvalue weighted by Gasteiger charge is -2.27. The van der Waals surface area contributed by atoms with Crippen molar-refractivity contribution in [1.82, 2.24) is 15.3 Å². The second kappa shape index (κ2) is 4.36. The maximum atomic E-state index is 12.5. The molecule has 1 aliphatic rings. The number of halogens is 3. The summed E-state index contributed by atoms with van der Waals surface area (Å²) in [5, 5.41) is 12.3. The predicted molar refractivity (Wildman–Crippen MR) is 53.8 cm³/mol. The van der Waals surface area contributed by atoms with Crippen molar-refractivity contribution < 1.29 is 18.3 Å². The zero-order valence-electron chi connectivity index (χ0n) is 8.83. The molecule has 2 rings (SSSR count). The molecule has 2 N–H and O–H groups in total. The molecular formula is C9H11F3N4O. The fraction of sp³-hybridized carbons (Fsp3) is 0.556. The molecule has 1 aromatic heterocycles. The van der Waals surface area contributed by atoms with E-state index in [0.717, 1.165) is 0 Å². The van der Waals surface area contributed by atoms with E-state index in [-0.39, 0.29) is 5.95 Å². The second-order valence-corrected chi connectivity index (χ2v) is 3.65. The fourth-order valence-electron chi connectivity index (χ4n) is 1.57. The third-order valence-electron chi connectivity index (χ3n) is 2.39. The number of nitrogens with one attached hydrogen (secondary N) is 1. The van der Waals surface area contributed by atoms with Crippen LogP contribution in [-0.2, 0) is 6.18 Å². The number of rotatable bonds is 1. The summed E-state index contributed by atoms with van der Waals surface area (Å²) in [5.74, 6) is -0.750. The Kier molecular flexibility index (Phi) is 3.05. The molecule has 0 spiro atoms. The third kappa shape index (κ3) is 2.76. The van der Waals surface area contributed by atoms with Gasteiger partial charge < -0.3 is 15.3 Å². The quantitative estimate of drug-likeness (QED) is 0.762. The first-order valence-electron chi connectivity index (χ1n) is 5.08. The number of alkyl halides is 3. The van der Waals surface area contributed by atoms with E-state index in [1.54, 1.807) is 4.90 Å². The smallest absolute Gasteiger partial charge is 0.433 e.